The first-order valence-corrected chi connectivity index (χ1v) is 13.0. The van der Waals surface area contributed by atoms with Crippen molar-refractivity contribution in [1.29, 1.82) is 0 Å². The van der Waals surface area contributed by atoms with Gasteiger partial charge in [0, 0.05) is 0 Å². The molecule has 174 valence electrons. The first kappa shape index (κ1) is 28.4. The summed E-state index contributed by atoms with van der Waals surface area (Å²) in [7, 11) is 0. The minimum Gasteiger partial charge on any atom is -0.301 e. The molecule has 0 aliphatic heterocycles. The van der Waals surface area contributed by atoms with Gasteiger partial charge in [0.05, 0.1) is 5.92 Å². The van der Waals surface area contributed by atoms with Gasteiger partial charge in [-0.15, -0.1) is 0 Å². The molecule has 0 saturated carbocycles. The molecule has 0 rings (SSSR count). The molecule has 1 N–H and O–H groups in total. The van der Waals surface area contributed by atoms with Crippen molar-refractivity contribution in [2.24, 2.45) is 11.8 Å². The highest BCUT2D eigenvalue weighted by Crippen LogP contribution is 2.26. The van der Waals surface area contributed by atoms with Crippen LogP contribution in [0.15, 0.2) is 0 Å². The average Bonchev–Trinajstić information content (AvgIpc) is 2.74. The second-order valence-electron chi connectivity index (χ2n) is 9.14. The first-order valence-electron chi connectivity index (χ1n) is 13.0. The van der Waals surface area contributed by atoms with Crippen molar-refractivity contribution < 1.29 is 14.9 Å². The Morgan fingerprint density at radius 3 is 1.52 bits per heavy atom. The highest BCUT2D eigenvalue weighted by atomic mass is 17.1. The normalized spacial score (nSPS) is 13.4. The summed E-state index contributed by atoms with van der Waals surface area (Å²) in [6.07, 6.45) is 25.3. The van der Waals surface area contributed by atoms with Gasteiger partial charge in [0.15, 0.2) is 0 Å². The van der Waals surface area contributed by atoms with Gasteiger partial charge in [0.25, 0.3) is 0 Å². The molecule has 0 aliphatic carbocycles. The fourth-order valence-corrected chi connectivity index (χ4v) is 4.38. The van der Waals surface area contributed by atoms with E-state index in [4.69, 9.17) is 5.26 Å². The number of carbonyl (C=O) groups excluding carboxylic acids is 1. The number of unbranched alkanes of at least 4 members (excludes halogenated alkanes) is 14. The fourth-order valence-electron chi connectivity index (χ4n) is 4.38. The summed E-state index contributed by atoms with van der Waals surface area (Å²) in [4.78, 5) is 16.0. The van der Waals surface area contributed by atoms with Gasteiger partial charge in [-0.25, -0.2) is 4.79 Å². The van der Waals surface area contributed by atoms with Crippen molar-refractivity contribution in [1.82, 2.24) is 0 Å². The minimum absolute atomic E-state index is 0.126. The molecule has 0 saturated heterocycles. The molecule has 0 aromatic carbocycles. The highest BCUT2D eigenvalue weighted by Gasteiger charge is 2.23. The largest absolute Gasteiger partial charge is 0.345 e. The van der Waals surface area contributed by atoms with Crippen LogP contribution < -0.4 is 0 Å². The second kappa shape index (κ2) is 22.1. The minimum atomic E-state index is -0.422. The lowest BCUT2D eigenvalue weighted by Gasteiger charge is -2.20. The van der Waals surface area contributed by atoms with Crippen LogP contribution in [-0.2, 0) is 9.68 Å². The predicted molar refractivity (Wildman–Crippen MR) is 125 cm³/mol. The molecule has 0 aromatic heterocycles. The van der Waals surface area contributed by atoms with E-state index in [1.54, 1.807) is 0 Å². The molecular formula is C26H52O3. The van der Waals surface area contributed by atoms with E-state index in [9.17, 15) is 4.79 Å². The quantitative estimate of drug-likeness (QED) is 0.109. The number of hydrogen-bond acceptors (Lipinski definition) is 3. The molecular weight excluding hydrogens is 360 g/mol. The average molecular weight is 413 g/mol. The van der Waals surface area contributed by atoms with E-state index in [0.29, 0.717) is 5.92 Å². The standard InChI is InChI=1S/C26H52O3/c1-4-7-9-10-11-12-13-14-15-16-17-18-19-20-22-25(26(27)29-28)23-24(6-3)21-8-5-2/h24-25,28H,4-23H2,1-3H3. The third kappa shape index (κ3) is 18.0. The van der Waals surface area contributed by atoms with Crippen molar-refractivity contribution in [3.63, 3.8) is 0 Å². The summed E-state index contributed by atoms with van der Waals surface area (Å²) in [6, 6.07) is 0. The Kier molecular flexibility index (Phi) is 21.7. The molecule has 0 bridgehead atoms. The van der Waals surface area contributed by atoms with E-state index < -0.39 is 5.97 Å². The molecule has 2 atom stereocenters. The van der Waals surface area contributed by atoms with Gasteiger partial charge in [-0.2, -0.15) is 5.26 Å². The molecule has 2 unspecified atom stereocenters. The SMILES string of the molecule is CCCCCCCCCCCCCCCCC(CC(CC)CCCC)C(=O)OO. The van der Waals surface area contributed by atoms with E-state index in [1.165, 1.54) is 103 Å². The first-order chi connectivity index (χ1) is 14.2. The Labute approximate surface area is 182 Å². The van der Waals surface area contributed by atoms with Crippen LogP contribution in [0, 0.1) is 11.8 Å². The Morgan fingerprint density at radius 1 is 0.655 bits per heavy atom. The summed E-state index contributed by atoms with van der Waals surface area (Å²) in [5.41, 5.74) is 0. The summed E-state index contributed by atoms with van der Waals surface area (Å²) >= 11 is 0. The van der Waals surface area contributed by atoms with Crippen LogP contribution in [0.2, 0.25) is 0 Å². The molecule has 0 amide bonds. The third-order valence-electron chi connectivity index (χ3n) is 6.49. The van der Waals surface area contributed by atoms with E-state index in [1.807, 2.05) is 0 Å². The van der Waals surface area contributed by atoms with Gasteiger partial charge in [-0.05, 0) is 18.8 Å². The van der Waals surface area contributed by atoms with Gasteiger partial charge in [-0.3, -0.25) is 0 Å². The van der Waals surface area contributed by atoms with E-state index in [-0.39, 0.29) is 5.92 Å². The molecule has 0 heterocycles. The van der Waals surface area contributed by atoms with Gasteiger partial charge in [-0.1, -0.05) is 136 Å². The van der Waals surface area contributed by atoms with Crippen LogP contribution in [0.25, 0.3) is 0 Å². The Hall–Kier alpha value is -0.570. The smallest absolute Gasteiger partial charge is 0.301 e. The summed E-state index contributed by atoms with van der Waals surface area (Å²) in [6.45, 7) is 6.69. The van der Waals surface area contributed by atoms with E-state index >= 15 is 0 Å². The van der Waals surface area contributed by atoms with Crippen molar-refractivity contribution in [2.45, 2.75) is 149 Å². The highest BCUT2D eigenvalue weighted by molar-refractivity contribution is 5.71. The van der Waals surface area contributed by atoms with E-state index in [0.717, 1.165) is 25.7 Å². The zero-order valence-corrected chi connectivity index (χ0v) is 20.1. The van der Waals surface area contributed by atoms with Gasteiger partial charge in [0.1, 0.15) is 0 Å². The zero-order chi connectivity index (χ0) is 21.6. The zero-order valence-electron chi connectivity index (χ0n) is 20.1. The molecule has 3 nitrogen and oxygen atoms in total. The monoisotopic (exact) mass is 412 g/mol. The lowest BCUT2D eigenvalue weighted by Crippen LogP contribution is -2.20. The summed E-state index contributed by atoms with van der Waals surface area (Å²) in [5.74, 6) is 0.0273. The topological polar surface area (TPSA) is 46.5 Å². The second-order valence-corrected chi connectivity index (χ2v) is 9.14. The summed E-state index contributed by atoms with van der Waals surface area (Å²) < 4.78 is 0. The lowest BCUT2D eigenvalue weighted by atomic mass is 9.86. The van der Waals surface area contributed by atoms with Crippen LogP contribution in [-0.4, -0.2) is 11.2 Å². The third-order valence-corrected chi connectivity index (χ3v) is 6.49. The predicted octanol–water partition coefficient (Wildman–Crippen LogP) is 9.10. The Balaban J connectivity index is 3.68. The van der Waals surface area contributed by atoms with E-state index in [2.05, 4.69) is 25.7 Å². The fraction of sp³-hybridized carbons (Fsp3) is 0.962. The maximum absolute atomic E-state index is 11.9. The van der Waals surface area contributed by atoms with Crippen molar-refractivity contribution in [2.75, 3.05) is 0 Å². The summed E-state index contributed by atoms with van der Waals surface area (Å²) in [5, 5.41) is 8.83. The molecule has 29 heavy (non-hydrogen) atoms. The maximum atomic E-state index is 11.9. The van der Waals surface area contributed by atoms with Gasteiger partial charge >= 0.3 is 5.97 Å². The maximum Gasteiger partial charge on any atom is 0.345 e. The molecule has 0 spiro atoms. The van der Waals surface area contributed by atoms with Crippen molar-refractivity contribution >= 4 is 5.97 Å². The molecule has 0 aliphatic rings. The van der Waals surface area contributed by atoms with Crippen LogP contribution >= 0.6 is 0 Å². The van der Waals surface area contributed by atoms with Crippen LogP contribution in [0.5, 0.6) is 0 Å². The van der Waals surface area contributed by atoms with Crippen LogP contribution in [0.4, 0.5) is 0 Å². The molecule has 0 fully saturated rings. The van der Waals surface area contributed by atoms with Crippen LogP contribution in [0.1, 0.15) is 149 Å². The number of rotatable bonds is 22. The molecule has 0 radical (unpaired) electrons. The number of hydrogen-bond donors (Lipinski definition) is 1. The van der Waals surface area contributed by atoms with Crippen LogP contribution in [0.3, 0.4) is 0 Å². The molecule has 3 heteroatoms. The lowest BCUT2D eigenvalue weighted by molar-refractivity contribution is -0.239. The number of carbonyl (C=O) groups is 1. The van der Waals surface area contributed by atoms with Gasteiger partial charge < -0.3 is 4.89 Å². The van der Waals surface area contributed by atoms with Gasteiger partial charge in [0.2, 0.25) is 0 Å². The Morgan fingerprint density at radius 2 is 1.10 bits per heavy atom. The van der Waals surface area contributed by atoms with Crippen molar-refractivity contribution in [3.05, 3.63) is 0 Å². The Bertz CT molecular complexity index is 343. The molecule has 0 aromatic rings. The van der Waals surface area contributed by atoms with Crippen molar-refractivity contribution in [3.8, 4) is 0 Å².